The van der Waals surface area contributed by atoms with Crippen molar-refractivity contribution >= 4 is 5.91 Å². The van der Waals surface area contributed by atoms with E-state index in [1.165, 1.54) is 0 Å². The first-order valence-corrected chi connectivity index (χ1v) is 4.77. The van der Waals surface area contributed by atoms with Gasteiger partial charge in [0.15, 0.2) is 0 Å². The Labute approximate surface area is 85.1 Å². The second-order valence-electron chi connectivity index (χ2n) is 3.36. The van der Waals surface area contributed by atoms with E-state index in [1.807, 2.05) is 13.8 Å². The summed E-state index contributed by atoms with van der Waals surface area (Å²) in [5.41, 5.74) is 2.55. The zero-order valence-corrected chi connectivity index (χ0v) is 9.13. The molecule has 0 saturated carbocycles. The van der Waals surface area contributed by atoms with E-state index in [2.05, 4.69) is 10.8 Å². The molecule has 5 nitrogen and oxygen atoms in total. The molecular formula is C9H20N2O3. The van der Waals surface area contributed by atoms with Crippen LogP contribution in [0.15, 0.2) is 0 Å². The Morgan fingerprint density at radius 2 is 2.07 bits per heavy atom. The van der Waals surface area contributed by atoms with Gasteiger partial charge >= 0.3 is 0 Å². The molecule has 1 amide bonds. The molecule has 0 aliphatic heterocycles. The fourth-order valence-corrected chi connectivity index (χ4v) is 0.694. The average Bonchev–Trinajstić information content (AvgIpc) is 2.14. The predicted molar refractivity (Wildman–Crippen MR) is 53.7 cm³/mol. The van der Waals surface area contributed by atoms with Crippen LogP contribution in [0.4, 0.5) is 0 Å². The minimum absolute atomic E-state index is 0.0592. The maximum Gasteiger partial charge on any atom is 0.236 e. The van der Waals surface area contributed by atoms with Gasteiger partial charge in [-0.25, -0.2) is 0 Å². The van der Waals surface area contributed by atoms with Crippen molar-refractivity contribution < 1.29 is 14.4 Å². The smallest absolute Gasteiger partial charge is 0.236 e. The predicted octanol–water partition coefficient (Wildman–Crippen LogP) is -0.0738. The Morgan fingerprint density at radius 1 is 1.36 bits per heavy atom. The van der Waals surface area contributed by atoms with E-state index >= 15 is 0 Å². The third kappa shape index (κ3) is 9.44. The van der Waals surface area contributed by atoms with Gasteiger partial charge in [-0.3, -0.25) is 9.63 Å². The molecule has 0 spiro atoms. The number of hydrogen-bond donors (Lipinski definition) is 2. The van der Waals surface area contributed by atoms with E-state index in [9.17, 15) is 4.79 Å². The van der Waals surface area contributed by atoms with E-state index in [0.717, 1.165) is 0 Å². The van der Waals surface area contributed by atoms with Crippen molar-refractivity contribution in [2.45, 2.75) is 13.8 Å². The summed E-state index contributed by atoms with van der Waals surface area (Å²) in [7, 11) is 1.60. The van der Waals surface area contributed by atoms with Gasteiger partial charge < -0.3 is 10.1 Å². The van der Waals surface area contributed by atoms with Crippen molar-refractivity contribution in [1.29, 1.82) is 0 Å². The molecule has 2 N–H and O–H groups in total. The van der Waals surface area contributed by atoms with E-state index in [1.54, 1.807) is 7.11 Å². The standard InChI is InChI=1S/C9H20N2O3/c1-8(2)6-10-9(12)7-11-14-5-4-13-3/h8,11H,4-7H2,1-3H3,(H,10,12). The molecule has 0 rings (SSSR count). The minimum Gasteiger partial charge on any atom is -0.382 e. The Bertz CT molecular complexity index is 151. The first-order valence-electron chi connectivity index (χ1n) is 4.77. The van der Waals surface area contributed by atoms with Crippen LogP contribution in [0.5, 0.6) is 0 Å². The van der Waals surface area contributed by atoms with Crippen molar-refractivity contribution in [2.24, 2.45) is 5.92 Å². The van der Waals surface area contributed by atoms with Gasteiger partial charge in [0.1, 0.15) is 0 Å². The van der Waals surface area contributed by atoms with Crippen molar-refractivity contribution in [3.63, 3.8) is 0 Å². The van der Waals surface area contributed by atoms with Crippen LogP contribution < -0.4 is 10.8 Å². The number of ether oxygens (including phenoxy) is 1. The van der Waals surface area contributed by atoms with Crippen LogP contribution in [-0.2, 0) is 14.4 Å². The number of methoxy groups -OCH3 is 1. The van der Waals surface area contributed by atoms with Crippen LogP contribution in [0.1, 0.15) is 13.8 Å². The molecule has 84 valence electrons. The lowest BCUT2D eigenvalue weighted by atomic mass is 10.2. The summed E-state index contributed by atoms with van der Waals surface area (Å²) in [4.78, 5) is 16.0. The molecule has 0 aromatic carbocycles. The highest BCUT2D eigenvalue weighted by molar-refractivity contribution is 5.77. The number of nitrogens with one attached hydrogen (secondary N) is 2. The normalized spacial score (nSPS) is 10.6. The number of rotatable bonds is 8. The van der Waals surface area contributed by atoms with Gasteiger partial charge in [0, 0.05) is 13.7 Å². The van der Waals surface area contributed by atoms with Gasteiger partial charge in [0.2, 0.25) is 5.91 Å². The second kappa shape index (κ2) is 8.93. The van der Waals surface area contributed by atoms with E-state index in [0.29, 0.717) is 25.7 Å². The molecule has 0 bridgehead atoms. The maximum atomic E-state index is 11.1. The van der Waals surface area contributed by atoms with Crippen molar-refractivity contribution in [3.8, 4) is 0 Å². The van der Waals surface area contributed by atoms with Gasteiger partial charge in [0.25, 0.3) is 0 Å². The van der Waals surface area contributed by atoms with E-state index in [4.69, 9.17) is 9.57 Å². The highest BCUT2D eigenvalue weighted by atomic mass is 16.7. The zero-order valence-electron chi connectivity index (χ0n) is 9.13. The highest BCUT2D eigenvalue weighted by Gasteiger charge is 2.00. The monoisotopic (exact) mass is 204 g/mol. The van der Waals surface area contributed by atoms with Gasteiger partial charge in [-0.1, -0.05) is 13.8 Å². The molecule has 14 heavy (non-hydrogen) atoms. The minimum atomic E-state index is -0.0592. The second-order valence-corrected chi connectivity index (χ2v) is 3.36. The third-order valence-electron chi connectivity index (χ3n) is 1.43. The SMILES string of the molecule is COCCONCC(=O)NCC(C)C. The molecule has 0 radical (unpaired) electrons. The topological polar surface area (TPSA) is 59.6 Å². The van der Waals surface area contributed by atoms with Gasteiger partial charge in [-0.2, -0.15) is 5.48 Å². The van der Waals surface area contributed by atoms with Gasteiger partial charge in [-0.05, 0) is 5.92 Å². The van der Waals surface area contributed by atoms with Crippen LogP contribution in [0.25, 0.3) is 0 Å². The van der Waals surface area contributed by atoms with Crippen LogP contribution in [0.2, 0.25) is 0 Å². The Morgan fingerprint density at radius 3 is 2.64 bits per heavy atom. The van der Waals surface area contributed by atoms with Crippen LogP contribution in [0.3, 0.4) is 0 Å². The molecule has 0 aliphatic rings. The molecule has 5 heteroatoms. The summed E-state index contributed by atoms with van der Waals surface area (Å²) in [5.74, 6) is 0.407. The zero-order chi connectivity index (χ0) is 10.8. The van der Waals surface area contributed by atoms with Crippen LogP contribution in [0, 0.1) is 5.92 Å². The summed E-state index contributed by atoms with van der Waals surface area (Å²) < 4.78 is 4.76. The van der Waals surface area contributed by atoms with Crippen molar-refractivity contribution in [1.82, 2.24) is 10.8 Å². The summed E-state index contributed by atoms with van der Waals surface area (Å²) in [6, 6.07) is 0. The molecule has 0 aliphatic carbocycles. The van der Waals surface area contributed by atoms with Gasteiger partial charge in [0.05, 0.1) is 19.8 Å². The first kappa shape index (κ1) is 13.4. The molecule has 0 unspecified atom stereocenters. The Kier molecular flexibility index (Phi) is 8.51. The number of hydroxylamine groups is 1. The fraction of sp³-hybridized carbons (Fsp3) is 0.889. The molecule has 0 aromatic heterocycles. The molecule has 0 aromatic rings. The fourth-order valence-electron chi connectivity index (χ4n) is 0.694. The van der Waals surface area contributed by atoms with Crippen molar-refractivity contribution in [2.75, 3.05) is 33.4 Å². The molecule has 0 heterocycles. The number of hydrogen-bond acceptors (Lipinski definition) is 4. The number of carbonyl (C=O) groups excluding carboxylic acids is 1. The van der Waals surface area contributed by atoms with Gasteiger partial charge in [-0.15, -0.1) is 0 Å². The third-order valence-corrected chi connectivity index (χ3v) is 1.43. The van der Waals surface area contributed by atoms with Crippen LogP contribution in [-0.4, -0.2) is 39.3 Å². The molecular weight excluding hydrogens is 184 g/mol. The maximum absolute atomic E-state index is 11.1. The molecule has 0 saturated heterocycles. The Hall–Kier alpha value is -0.650. The largest absolute Gasteiger partial charge is 0.382 e. The average molecular weight is 204 g/mol. The van der Waals surface area contributed by atoms with E-state index < -0.39 is 0 Å². The lowest BCUT2D eigenvalue weighted by Gasteiger charge is -2.08. The number of carbonyl (C=O) groups is 1. The molecule has 0 atom stereocenters. The first-order chi connectivity index (χ1) is 6.66. The summed E-state index contributed by atoms with van der Waals surface area (Å²) >= 11 is 0. The lowest BCUT2D eigenvalue weighted by molar-refractivity contribution is -0.123. The Balaban J connectivity index is 3.18. The summed E-state index contributed by atoms with van der Waals surface area (Å²) in [5, 5.41) is 2.76. The van der Waals surface area contributed by atoms with E-state index in [-0.39, 0.29) is 12.5 Å². The lowest BCUT2D eigenvalue weighted by Crippen LogP contribution is -2.36. The molecule has 0 fully saturated rings. The van der Waals surface area contributed by atoms with Crippen molar-refractivity contribution in [3.05, 3.63) is 0 Å². The summed E-state index contributed by atoms with van der Waals surface area (Å²) in [6.45, 7) is 5.91. The summed E-state index contributed by atoms with van der Waals surface area (Å²) in [6.07, 6.45) is 0. The van der Waals surface area contributed by atoms with Crippen LogP contribution >= 0.6 is 0 Å². The number of amides is 1. The highest BCUT2D eigenvalue weighted by Crippen LogP contribution is 1.86. The quantitative estimate of drug-likeness (QED) is 0.429.